The number of benzene rings is 1. The van der Waals surface area contributed by atoms with Crippen LogP contribution in [0.15, 0.2) is 12.1 Å². The van der Waals surface area contributed by atoms with Gasteiger partial charge in [0.1, 0.15) is 11.6 Å². The zero-order valence-electron chi connectivity index (χ0n) is 9.40. The summed E-state index contributed by atoms with van der Waals surface area (Å²) in [6.07, 6.45) is 1.98. The lowest BCUT2D eigenvalue weighted by Crippen LogP contribution is -2.14. The third-order valence-corrected chi connectivity index (χ3v) is 2.91. The van der Waals surface area contributed by atoms with Crippen molar-refractivity contribution in [2.24, 2.45) is 0 Å². The van der Waals surface area contributed by atoms with Crippen molar-refractivity contribution in [1.82, 2.24) is 0 Å². The fourth-order valence-electron chi connectivity index (χ4n) is 1.84. The smallest absolute Gasteiger partial charge is 0.127 e. The first-order valence-corrected chi connectivity index (χ1v) is 5.39. The highest BCUT2D eigenvalue weighted by Crippen LogP contribution is 2.42. The highest BCUT2D eigenvalue weighted by atomic mass is 19.1. The molecule has 15 heavy (non-hydrogen) atoms. The summed E-state index contributed by atoms with van der Waals surface area (Å²) in [7, 11) is 0. The average Bonchev–Trinajstić information content (AvgIpc) is 2.89. The molecule has 0 bridgehead atoms. The summed E-state index contributed by atoms with van der Waals surface area (Å²) in [5.74, 6) is -0.261. The van der Waals surface area contributed by atoms with Crippen LogP contribution in [-0.2, 0) is 5.41 Å². The van der Waals surface area contributed by atoms with Crippen LogP contribution in [0.3, 0.4) is 0 Å². The van der Waals surface area contributed by atoms with Gasteiger partial charge in [0.15, 0.2) is 0 Å². The van der Waals surface area contributed by atoms with Gasteiger partial charge in [-0.15, -0.1) is 0 Å². The van der Waals surface area contributed by atoms with Gasteiger partial charge < -0.3 is 0 Å². The molecule has 1 aliphatic carbocycles. The molecule has 0 radical (unpaired) electrons. The molecule has 0 amide bonds. The van der Waals surface area contributed by atoms with Gasteiger partial charge in [-0.25, -0.2) is 8.78 Å². The molecule has 0 N–H and O–H groups in total. The monoisotopic (exact) mass is 210 g/mol. The Kier molecular flexibility index (Phi) is 2.32. The summed E-state index contributed by atoms with van der Waals surface area (Å²) in [6, 6.07) is 2.75. The number of halogens is 2. The summed E-state index contributed by atoms with van der Waals surface area (Å²) in [6.45, 7) is 5.67. The maximum atomic E-state index is 13.7. The molecule has 1 aromatic carbocycles. The molecule has 0 unspecified atom stereocenters. The van der Waals surface area contributed by atoms with Gasteiger partial charge >= 0.3 is 0 Å². The highest BCUT2D eigenvalue weighted by molar-refractivity contribution is 5.34. The average molecular weight is 210 g/mol. The largest absolute Gasteiger partial charge is 0.207 e. The summed E-state index contributed by atoms with van der Waals surface area (Å²) in [5, 5.41) is 0. The maximum absolute atomic E-state index is 13.7. The van der Waals surface area contributed by atoms with E-state index >= 15 is 0 Å². The van der Waals surface area contributed by atoms with Crippen LogP contribution in [0.5, 0.6) is 0 Å². The van der Waals surface area contributed by atoms with Gasteiger partial charge in [0.05, 0.1) is 0 Å². The van der Waals surface area contributed by atoms with Gasteiger partial charge in [0.2, 0.25) is 0 Å². The van der Waals surface area contributed by atoms with Crippen LogP contribution in [0.1, 0.15) is 50.7 Å². The molecule has 0 aliphatic heterocycles. The van der Waals surface area contributed by atoms with Crippen molar-refractivity contribution in [3.05, 3.63) is 34.9 Å². The second-order valence-corrected chi connectivity index (χ2v) is 5.38. The van der Waals surface area contributed by atoms with E-state index in [1.54, 1.807) is 0 Å². The van der Waals surface area contributed by atoms with Crippen LogP contribution < -0.4 is 0 Å². The first-order chi connectivity index (χ1) is 6.89. The molecule has 1 saturated carbocycles. The van der Waals surface area contributed by atoms with Crippen LogP contribution in [0, 0.1) is 11.6 Å². The molecular weight excluding hydrogens is 194 g/mol. The van der Waals surface area contributed by atoms with Crippen molar-refractivity contribution in [2.75, 3.05) is 0 Å². The van der Waals surface area contributed by atoms with Crippen molar-refractivity contribution >= 4 is 0 Å². The molecule has 0 saturated heterocycles. The summed E-state index contributed by atoms with van der Waals surface area (Å²) >= 11 is 0. The Hall–Kier alpha value is -0.920. The molecule has 0 atom stereocenters. The van der Waals surface area contributed by atoms with Gasteiger partial charge in [-0.05, 0) is 47.4 Å². The Morgan fingerprint density at radius 2 is 1.67 bits per heavy atom. The molecule has 2 heteroatoms. The zero-order valence-corrected chi connectivity index (χ0v) is 9.40. The third kappa shape index (κ3) is 2.04. The van der Waals surface area contributed by atoms with Gasteiger partial charge in [0.25, 0.3) is 0 Å². The molecule has 0 nitrogen and oxygen atoms in total. The molecule has 0 heterocycles. The fraction of sp³-hybridized carbons (Fsp3) is 0.538. The minimum absolute atomic E-state index is 0.246. The molecule has 1 aromatic rings. The molecular formula is C13H16F2. The predicted molar refractivity (Wildman–Crippen MR) is 57.0 cm³/mol. The van der Waals surface area contributed by atoms with Crippen molar-refractivity contribution < 1.29 is 8.78 Å². The summed E-state index contributed by atoms with van der Waals surface area (Å²) in [4.78, 5) is 0. The van der Waals surface area contributed by atoms with E-state index in [0.29, 0.717) is 11.1 Å². The SMILES string of the molecule is CC(C)(C)c1cc(F)c(C2CC2)cc1F. The minimum atomic E-state index is -0.340. The zero-order chi connectivity index (χ0) is 11.2. The van der Waals surface area contributed by atoms with E-state index in [2.05, 4.69) is 0 Å². The molecule has 1 aliphatic rings. The Labute approximate surface area is 89.3 Å². The van der Waals surface area contributed by atoms with Crippen LogP contribution >= 0.6 is 0 Å². The lowest BCUT2D eigenvalue weighted by atomic mass is 9.85. The van der Waals surface area contributed by atoms with Crippen molar-refractivity contribution in [2.45, 2.75) is 44.9 Å². The van der Waals surface area contributed by atoms with E-state index in [4.69, 9.17) is 0 Å². The van der Waals surface area contributed by atoms with E-state index in [-0.39, 0.29) is 23.0 Å². The van der Waals surface area contributed by atoms with Crippen LogP contribution in [0.4, 0.5) is 8.78 Å². The summed E-state index contributed by atoms with van der Waals surface area (Å²) in [5.41, 5.74) is 0.678. The second-order valence-electron chi connectivity index (χ2n) is 5.38. The Bertz CT molecular complexity index is 384. The number of hydrogen-bond donors (Lipinski definition) is 0. The van der Waals surface area contributed by atoms with Crippen LogP contribution in [0.2, 0.25) is 0 Å². The van der Waals surface area contributed by atoms with E-state index in [9.17, 15) is 8.78 Å². The van der Waals surface area contributed by atoms with Crippen LogP contribution in [0.25, 0.3) is 0 Å². The molecule has 2 rings (SSSR count). The minimum Gasteiger partial charge on any atom is -0.207 e. The number of rotatable bonds is 1. The van der Waals surface area contributed by atoms with Crippen molar-refractivity contribution in [1.29, 1.82) is 0 Å². The number of hydrogen-bond acceptors (Lipinski definition) is 0. The molecule has 0 aromatic heterocycles. The van der Waals surface area contributed by atoms with E-state index in [1.807, 2.05) is 20.8 Å². The van der Waals surface area contributed by atoms with Crippen LogP contribution in [-0.4, -0.2) is 0 Å². The highest BCUT2D eigenvalue weighted by Gasteiger charge is 2.29. The Morgan fingerprint density at radius 1 is 1.07 bits per heavy atom. The molecule has 0 spiro atoms. The lowest BCUT2D eigenvalue weighted by molar-refractivity contribution is 0.507. The van der Waals surface area contributed by atoms with Gasteiger partial charge in [-0.2, -0.15) is 0 Å². The summed E-state index contributed by atoms with van der Waals surface area (Å²) < 4.78 is 27.4. The molecule has 1 fully saturated rings. The normalized spacial score (nSPS) is 16.9. The van der Waals surface area contributed by atoms with Crippen molar-refractivity contribution in [3.8, 4) is 0 Å². The van der Waals surface area contributed by atoms with Crippen molar-refractivity contribution in [3.63, 3.8) is 0 Å². The predicted octanol–water partition coefficient (Wildman–Crippen LogP) is 4.14. The Morgan fingerprint density at radius 3 is 2.13 bits per heavy atom. The maximum Gasteiger partial charge on any atom is 0.127 e. The first kappa shape index (κ1) is 10.6. The van der Waals surface area contributed by atoms with Gasteiger partial charge in [-0.3, -0.25) is 0 Å². The fourth-order valence-corrected chi connectivity index (χ4v) is 1.84. The van der Waals surface area contributed by atoms with E-state index < -0.39 is 0 Å². The third-order valence-electron chi connectivity index (χ3n) is 2.91. The molecule has 82 valence electrons. The first-order valence-electron chi connectivity index (χ1n) is 5.39. The second kappa shape index (κ2) is 3.29. The van der Waals surface area contributed by atoms with Gasteiger partial charge in [0, 0.05) is 0 Å². The van der Waals surface area contributed by atoms with Gasteiger partial charge in [-0.1, -0.05) is 20.8 Å². The topological polar surface area (TPSA) is 0 Å². The van der Waals surface area contributed by atoms with E-state index in [1.165, 1.54) is 12.1 Å². The standard InChI is InChI=1S/C13H16F2/c1-13(2,3)10-7-11(14)9(6-12(10)15)8-4-5-8/h6-8H,4-5H2,1-3H3. The quantitative estimate of drug-likeness (QED) is 0.653. The Balaban J connectivity index is 2.47. The van der Waals surface area contributed by atoms with E-state index in [0.717, 1.165) is 12.8 Å². The lowest BCUT2D eigenvalue weighted by Gasteiger charge is -2.20.